The van der Waals surface area contributed by atoms with Crippen molar-refractivity contribution in [3.8, 4) is 0 Å². The van der Waals surface area contributed by atoms with Crippen molar-refractivity contribution in [1.29, 1.82) is 0 Å². The molecule has 0 unspecified atom stereocenters. The lowest BCUT2D eigenvalue weighted by Gasteiger charge is -2.32. The van der Waals surface area contributed by atoms with Crippen LogP contribution in [0.5, 0.6) is 0 Å². The van der Waals surface area contributed by atoms with Gasteiger partial charge >= 0.3 is 0 Å². The summed E-state index contributed by atoms with van der Waals surface area (Å²) in [7, 11) is 2.17. The molecule has 1 aromatic carbocycles. The van der Waals surface area contributed by atoms with Crippen LogP contribution >= 0.6 is 0 Å². The van der Waals surface area contributed by atoms with Gasteiger partial charge in [-0.2, -0.15) is 0 Å². The number of nitrogens with zero attached hydrogens (tertiary/aromatic N) is 2. The molecular formula is C16H25N3O. The van der Waals surface area contributed by atoms with Gasteiger partial charge in [0.05, 0.1) is 0 Å². The molecule has 1 aliphatic rings. The van der Waals surface area contributed by atoms with E-state index in [-0.39, 0.29) is 5.91 Å². The number of amides is 1. The van der Waals surface area contributed by atoms with E-state index in [2.05, 4.69) is 34.3 Å². The Balaban J connectivity index is 1.83. The molecule has 1 aliphatic heterocycles. The average Bonchev–Trinajstić information content (AvgIpc) is 2.44. The molecule has 1 saturated heterocycles. The van der Waals surface area contributed by atoms with Gasteiger partial charge in [-0.25, -0.2) is 0 Å². The largest absolute Gasteiger partial charge is 0.326 e. The van der Waals surface area contributed by atoms with Gasteiger partial charge in [-0.1, -0.05) is 19.1 Å². The zero-order chi connectivity index (χ0) is 14.4. The summed E-state index contributed by atoms with van der Waals surface area (Å²) in [6.45, 7) is 7.56. The number of benzene rings is 1. The molecule has 0 atom stereocenters. The number of anilines is 1. The predicted molar refractivity (Wildman–Crippen MR) is 82.8 cm³/mol. The van der Waals surface area contributed by atoms with E-state index in [9.17, 15) is 4.79 Å². The maximum absolute atomic E-state index is 11.5. The third kappa shape index (κ3) is 4.62. The molecule has 1 amide bonds. The molecule has 1 fully saturated rings. The van der Waals surface area contributed by atoms with Crippen molar-refractivity contribution in [3.05, 3.63) is 29.8 Å². The second kappa shape index (κ2) is 7.41. The minimum Gasteiger partial charge on any atom is -0.326 e. The Morgan fingerprint density at radius 3 is 2.40 bits per heavy atom. The maximum Gasteiger partial charge on any atom is 0.224 e. The van der Waals surface area contributed by atoms with Gasteiger partial charge in [-0.3, -0.25) is 9.69 Å². The lowest BCUT2D eigenvalue weighted by Crippen LogP contribution is -2.43. The first-order valence-electron chi connectivity index (χ1n) is 7.47. The Hall–Kier alpha value is -1.39. The fourth-order valence-corrected chi connectivity index (χ4v) is 2.41. The molecule has 0 saturated carbocycles. The van der Waals surface area contributed by atoms with Gasteiger partial charge in [-0.05, 0) is 31.2 Å². The van der Waals surface area contributed by atoms with Crippen LogP contribution in [-0.4, -0.2) is 48.9 Å². The molecule has 1 heterocycles. The number of likely N-dealkylation sites (N-methyl/N-ethyl adjacent to an activating group) is 1. The van der Waals surface area contributed by atoms with E-state index in [0.717, 1.165) is 44.8 Å². The van der Waals surface area contributed by atoms with Gasteiger partial charge in [0.15, 0.2) is 0 Å². The summed E-state index contributed by atoms with van der Waals surface area (Å²) < 4.78 is 0. The van der Waals surface area contributed by atoms with Crippen LogP contribution in [-0.2, 0) is 11.3 Å². The molecule has 0 radical (unpaired) electrons. The Morgan fingerprint density at radius 1 is 1.15 bits per heavy atom. The Morgan fingerprint density at radius 2 is 1.80 bits per heavy atom. The molecule has 20 heavy (non-hydrogen) atoms. The highest BCUT2D eigenvalue weighted by Gasteiger charge is 2.13. The predicted octanol–water partition coefficient (Wildman–Crippen LogP) is 2.17. The summed E-state index contributed by atoms with van der Waals surface area (Å²) in [6.07, 6.45) is 1.47. The highest BCUT2D eigenvalue weighted by Crippen LogP contribution is 2.13. The van der Waals surface area contributed by atoms with Crippen LogP contribution in [0.1, 0.15) is 25.3 Å². The average molecular weight is 275 g/mol. The van der Waals surface area contributed by atoms with E-state index >= 15 is 0 Å². The van der Waals surface area contributed by atoms with Crippen LogP contribution in [0.4, 0.5) is 5.69 Å². The third-order valence-electron chi connectivity index (χ3n) is 3.72. The number of hydrogen-bond donors (Lipinski definition) is 1. The molecule has 0 bridgehead atoms. The van der Waals surface area contributed by atoms with Gasteiger partial charge in [0.1, 0.15) is 0 Å². The van der Waals surface area contributed by atoms with Gasteiger partial charge in [-0.15, -0.1) is 0 Å². The zero-order valence-corrected chi connectivity index (χ0v) is 12.6. The molecular weight excluding hydrogens is 250 g/mol. The van der Waals surface area contributed by atoms with Crippen LogP contribution in [0.15, 0.2) is 24.3 Å². The van der Waals surface area contributed by atoms with Crippen molar-refractivity contribution in [1.82, 2.24) is 9.80 Å². The smallest absolute Gasteiger partial charge is 0.224 e. The van der Waals surface area contributed by atoms with Crippen molar-refractivity contribution in [2.45, 2.75) is 26.3 Å². The number of rotatable bonds is 5. The minimum absolute atomic E-state index is 0.0966. The zero-order valence-electron chi connectivity index (χ0n) is 12.6. The molecule has 1 N–H and O–H groups in total. The number of carbonyl (C=O) groups excluding carboxylic acids is 1. The van der Waals surface area contributed by atoms with Crippen LogP contribution in [0.2, 0.25) is 0 Å². The second-order valence-electron chi connectivity index (χ2n) is 5.57. The molecule has 0 spiro atoms. The van der Waals surface area contributed by atoms with Gasteiger partial charge in [0.2, 0.25) is 5.91 Å². The summed E-state index contributed by atoms with van der Waals surface area (Å²) in [5.41, 5.74) is 2.20. The van der Waals surface area contributed by atoms with Gasteiger partial charge in [0, 0.05) is 44.8 Å². The van der Waals surface area contributed by atoms with Crippen molar-refractivity contribution >= 4 is 11.6 Å². The highest BCUT2D eigenvalue weighted by atomic mass is 16.1. The van der Waals surface area contributed by atoms with Crippen molar-refractivity contribution < 1.29 is 4.79 Å². The first-order chi connectivity index (χ1) is 9.67. The normalized spacial score (nSPS) is 17.1. The van der Waals surface area contributed by atoms with E-state index in [4.69, 9.17) is 0 Å². The molecule has 0 aromatic heterocycles. The Kier molecular flexibility index (Phi) is 5.56. The molecule has 4 nitrogen and oxygen atoms in total. The summed E-state index contributed by atoms with van der Waals surface area (Å²) in [4.78, 5) is 16.4. The molecule has 2 rings (SSSR count). The summed E-state index contributed by atoms with van der Waals surface area (Å²) in [6, 6.07) is 8.22. The number of carbonyl (C=O) groups is 1. The van der Waals surface area contributed by atoms with Crippen LogP contribution in [0.3, 0.4) is 0 Å². The van der Waals surface area contributed by atoms with Crippen LogP contribution in [0, 0.1) is 0 Å². The quantitative estimate of drug-likeness (QED) is 0.894. The van der Waals surface area contributed by atoms with E-state index in [1.54, 1.807) is 0 Å². The molecule has 110 valence electrons. The molecule has 0 aliphatic carbocycles. The van der Waals surface area contributed by atoms with Crippen LogP contribution < -0.4 is 5.32 Å². The number of hydrogen-bond acceptors (Lipinski definition) is 3. The third-order valence-corrected chi connectivity index (χ3v) is 3.72. The van der Waals surface area contributed by atoms with Crippen molar-refractivity contribution in [2.75, 3.05) is 38.5 Å². The van der Waals surface area contributed by atoms with Crippen molar-refractivity contribution in [3.63, 3.8) is 0 Å². The summed E-state index contributed by atoms with van der Waals surface area (Å²) in [5, 5.41) is 2.92. The van der Waals surface area contributed by atoms with E-state index < -0.39 is 0 Å². The van der Waals surface area contributed by atoms with Gasteiger partial charge < -0.3 is 10.2 Å². The van der Waals surface area contributed by atoms with E-state index in [1.165, 1.54) is 5.56 Å². The lowest BCUT2D eigenvalue weighted by atomic mass is 10.1. The second-order valence-corrected chi connectivity index (χ2v) is 5.57. The first kappa shape index (κ1) is 15.0. The SMILES string of the molecule is CCCC(=O)Nc1ccc(CN2CCN(C)CC2)cc1. The van der Waals surface area contributed by atoms with Crippen molar-refractivity contribution in [2.24, 2.45) is 0 Å². The van der Waals surface area contributed by atoms with E-state index in [0.29, 0.717) is 6.42 Å². The van der Waals surface area contributed by atoms with E-state index in [1.807, 2.05) is 19.1 Å². The van der Waals surface area contributed by atoms with Crippen LogP contribution in [0.25, 0.3) is 0 Å². The lowest BCUT2D eigenvalue weighted by molar-refractivity contribution is -0.116. The molecule has 4 heteroatoms. The minimum atomic E-state index is 0.0966. The Labute approximate surface area is 121 Å². The summed E-state index contributed by atoms with van der Waals surface area (Å²) in [5.74, 6) is 0.0966. The summed E-state index contributed by atoms with van der Waals surface area (Å²) >= 11 is 0. The molecule has 1 aromatic rings. The standard InChI is InChI=1S/C16H25N3O/c1-3-4-16(20)17-15-7-5-14(6-8-15)13-19-11-9-18(2)10-12-19/h5-8H,3-4,9-13H2,1-2H3,(H,17,20). The maximum atomic E-state index is 11.5. The fourth-order valence-electron chi connectivity index (χ4n) is 2.41. The monoisotopic (exact) mass is 275 g/mol. The van der Waals surface area contributed by atoms with Gasteiger partial charge in [0.25, 0.3) is 0 Å². The first-order valence-corrected chi connectivity index (χ1v) is 7.47. The fraction of sp³-hybridized carbons (Fsp3) is 0.562. The Bertz CT molecular complexity index is 422. The topological polar surface area (TPSA) is 35.6 Å². The number of piperazine rings is 1. The number of nitrogens with one attached hydrogen (secondary N) is 1. The highest BCUT2D eigenvalue weighted by molar-refractivity contribution is 5.90.